The van der Waals surface area contributed by atoms with Gasteiger partial charge in [0.1, 0.15) is 0 Å². The summed E-state index contributed by atoms with van der Waals surface area (Å²) in [5, 5.41) is 13.2. The number of rotatable bonds is 11. The summed E-state index contributed by atoms with van der Waals surface area (Å²) in [5.41, 5.74) is 0.297. The van der Waals surface area contributed by atoms with Gasteiger partial charge in [0, 0.05) is 12.1 Å². The molecule has 0 radical (unpaired) electrons. The van der Waals surface area contributed by atoms with Gasteiger partial charge >= 0.3 is 6.09 Å². The molecule has 6 heteroatoms. The summed E-state index contributed by atoms with van der Waals surface area (Å²) in [6, 6.07) is 5.78. The van der Waals surface area contributed by atoms with Gasteiger partial charge in [-0.1, -0.05) is 57.9 Å². The highest BCUT2D eigenvalue weighted by molar-refractivity contribution is 5.85. The summed E-state index contributed by atoms with van der Waals surface area (Å²) < 4.78 is 5.07. The highest BCUT2D eigenvalue weighted by Crippen LogP contribution is 2.17. The van der Waals surface area contributed by atoms with Crippen LogP contribution in [0, 0.1) is 10.1 Å². The number of unbranched alkanes of at least 4 members (excludes halogenated alkanes) is 7. The Balaban J connectivity index is 2.11. The van der Waals surface area contributed by atoms with Crippen molar-refractivity contribution < 1.29 is 14.5 Å². The van der Waals surface area contributed by atoms with Crippen molar-refractivity contribution in [3.05, 3.63) is 34.4 Å². The Bertz CT molecular complexity index is 491. The third-order valence-electron chi connectivity index (χ3n) is 3.53. The van der Waals surface area contributed by atoms with Crippen molar-refractivity contribution in [2.45, 2.75) is 58.3 Å². The lowest BCUT2D eigenvalue weighted by atomic mass is 10.1. The summed E-state index contributed by atoms with van der Waals surface area (Å²) in [6.45, 7) is 2.58. The van der Waals surface area contributed by atoms with Crippen LogP contribution >= 0.6 is 0 Å². The Morgan fingerprint density at radius 1 is 1.13 bits per heavy atom. The molecule has 128 valence electrons. The van der Waals surface area contributed by atoms with Crippen molar-refractivity contribution in [3.8, 4) is 0 Å². The number of nitrogens with zero attached hydrogens (tertiary/aromatic N) is 1. The van der Waals surface area contributed by atoms with Crippen LogP contribution in [0.3, 0.4) is 0 Å². The van der Waals surface area contributed by atoms with E-state index in [0.29, 0.717) is 12.3 Å². The number of carbonyl (C=O) groups excluding carboxylic acids is 1. The molecule has 1 aromatic carbocycles. The first-order chi connectivity index (χ1) is 11.1. The number of hydrogen-bond acceptors (Lipinski definition) is 4. The minimum Gasteiger partial charge on any atom is -0.449 e. The molecule has 1 N–H and O–H groups in total. The number of ether oxygens (including phenoxy) is 1. The molecular weight excluding hydrogens is 296 g/mol. The second-order valence-electron chi connectivity index (χ2n) is 5.54. The summed E-state index contributed by atoms with van der Waals surface area (Å²) in [5.74, 6) is 0. The minimum atomic E-state index is -0.576. The number of anilines is 1. The minimum absolute atomic E-state index is 0.0640. The molecule has 0 aliphatic carbocycles. The van der Waals surface area contributed by atoms with E-state index in [2.05, 4.69) is 12.2 Å². The highest BCUT2D eigenvalue weighted by atomic mass is 16.6. The summed E-state index contributed by atoms with van der Waals surface area (Å²) >= 11 is 0. The van der Waals surface area contributed by atoms with E-state index < -0.39 is 11.0 Å². The van der Waals surface area contributed by atoms with Gasteiger partial charge in [-0.2, -0.15) is 0 Å². The number of amides is 1. The Morgan fingerprint density at radius 3 is 2.43 bits per heavy atom. The molecule has 0 heterocycles. The lowest BCUT2D eigenvalue weighted by Gasteiger charge is -2.07. The Hall–Kier alpha value is -2.11. The smallest absolute Gasteiger partial charge is 0.411 e. The summed E-state index contributed by atoms with van der Waals surface area (Å²) in [4.78, 5) is 21.8. The largest absolute Gasteiger partial charge is 0.449 e. The molecule has 0 aliphatic rings. The molecule has 0 bridgehead atoms. The molecule has 0 saturated carbocycles. The SMILES string of the molecule is CCCCCCCCCCOC(=O)Nc1cccc([N+](=O)[O-])c1. The van der Waals surface area contributed by atoms with Crippen molar-refractivity contribution in [1.82, 2.24) is 0 Å². The average Bonchev–Trinajstić information content (AvgIpc) is 2.53. The van der Waals surface area contributed by atoms with Gasteiger partial charge < -0.3 is 4.74 Å². The van der Waals surface area contributed by atoms with Gasteiger partial charge in [-0.3, -0.25) is 15.4 Å². The molecule has 0 fully saturated rings. The highest BCUT2D eigenvalue weighted by Gasteiger charge is 2.08. The second-order valence-corrected chi connectivity index (χ2v) is 5.54. The van der Waals surface area contributed by atoms with Crippen molar-refractivity contribution in [3.63, 3.8) is 0 Å². The average molecular weight is 322 g/mol. The third kappa shape index (κ3) is 8.80. The fourth-order valence-corrected chi connectivity index (χ4v) is 2.25. The summed E-state index contributed by atoms with van der Waals surface area (Å²) in [6.07, 6.45) is 8.87. The monoisotopic (exact) mass is 322 g/mol. The van der Waals surface area contributed by atoms with Gasteiger partial charge in [-0.15, -0.1) is 0 Å². The first-order valence-electron chi connectivity index (χ1n) is 8.31. The molecule has 0 aliphatic heterocycles. The molecule has 0 aromatic heterocycles. The van der Waals surface area contributed by atoms with Gasteiger partial charge in [0.2, 0.25) is 0 Å². The molecule has 1 amide bonds. The maximum absolute atomic E-state index is 11.6. The normalized spacial score (nSPS) is 10.3. The van der Waals surface area contributed by atoms with Gasteiger partial charge in [-0.25, -0.2) is 4.79 Å². The van der Waals surface area contributed by atoms with Gasteiger partial charge in [0.05, 0.1) is 17.2 Å². The van der Waals surface area contributed by atoms with Crippen LogP contribution in [0.5, 0.6) is 0 Å². The van der Waals surface area contributed by atoms with Gasteiger partial charge in [-0.05, 0) is 12.5 Å². The zero-order valence-corrected chi connectivity index (χ0v) is 13.8. The predicted molar refractivity (Wildman–Crippen MR) is 90.7 cm³/mol. The molecule has 6 nitrogen and oxygen atoms in total. The van der Waals surface area contributed by atoms with Crippen LogP contribution < -0.4 is 5.32 Å². The molecule has 0 spiro atoms. The standard InChI is InChI=1S/C17H26N2O4/c1-2-3-4-5-6-7-8-9-13-23-17(20)18-15-11-10-12-16(14-15)19(21)22/h10-12,14H,2-9,13H2,1H3,(H,18,20). The molecule has 1 rings (SSSR count). The predicted octanol–water partition coefficient (Wildman–Crippen LogP) is 5.28. The number of hydrogen-bond donors (Lipinski definition) is 1. The maximum atomic E-state index is 11.6. The number of nitrogens with one attached hydrogen (secondary N) is 1. The van der Waals surface area contributed by atoms with Crippen LogP contribution in [0.25, 0.3) is 0 Å². The Kier molecular flexibility index (Phi) is 9.43. The van der Waals surface area contributed by atoms with Crippen LogP contribution in [0.2, 0.25) is 0 Å². The fourth-order valence-electron chi connectivity index (χ4n) is 2.25. The van der Waals surface area contributed by atoms with Crippen LogP contribution in [-0.4, -0.2) is 17.6 Å². The number of nitro benzene ring substituents is 1. The van der Waals surface area contributed by atoms with E-state index in [1.165, 1.54) is 56.7 Å². The van der Waals surface area contributed by atoms with Crippen LogP contribution in [0.15, 0.2) is 24.3 Å². The topological polar surface area (TPSA) is 81.5 Å². The molecule has 0 atom stereocenters. The first kappa shape index (κ1) is 18.9. The van der Waals surface area contributed by atoms with Crippen LogP contribution in [0.4, 0.5) is 16.2 Å². The van der Waals surface area contributed by atoms with E-state index in [1.807, 2.05) is 0 Å². The third-order valence-corrected chi connectivity index (χ3v) is 3.53. The van der Waals surface area contributed by atoms with Crippen molar-refractivity contribution >= 4 is 17.5 Å². The van der Waals surface area contributed by atoms with Gasteiger partial charge in [0.25, 0.3) is 5.69 Å². The summed E-state index contributed by atoms with van der Waals surface area (Å²) in [7, 11) is 0. The lowest BCUT2D eigenvalue weighted by molar-refractivity contribution is -0.384. The van der Waals surface area contributed by atoms with E-state index in [4.69, 9.17) is 4.74 Å². The van der Waals surface area contributed by atoms with Crippen molar-refractivity contribution in [2.75, 3.05) is 11.9 Å². The molecule has 0 unspecified atom stereocenters. The molecule has 0 saturated heterocycles. The zero-order chi connectivity index (χ0) is 16.9. The molecular formula is C17H26N2O4. The number of nitro groups is 1. The first-order valence-corrected chi connectivity index (χ1v) is 8.31. The Morgan fingerprint density at radius 2 is 1.78 bits per heavy atom. The quantitative estimate of drug-likeness (QED) is 0.341. The maximum Gasteiger partial charge on any atom is 0.411 e. The number of carbonyl (C=O) groups is 1. The molecule has 1 aromatic rings. The van der Waals surface area contributed by atoms with Crippen LogP contribution in [0.1, 0.15) is 58.3 Å². The van der Waals surface area contributed by atoms with E-state index in [1.54, 1.807) is 6.07 Å². The van der Waals surface area contributed by atoms with E-state index in [-0.39, 0.29) is 5.69 Å². The van der Waals surface area contributed by atoms with Gasteiger partial charge in [0.15, 0.2) is 0 Å². The van der Waals surface area contributed by atoms with Crippen LogP contribution in [-0.2, 0) is 4.74 Å². The fraction of sp³-hybridized carbons (Fsp3) is 0.588. The lowest BCUT2D eigenvalue weighted by Crippen LogP contribution is -2.14. The molecule has 23 heavy (non-hydrogen) atoms. The van der Waals surface area contributed by atoms with Crippen molar-refractivity contribution in [1.29, 1.82) is 0 Å². The number of benzene rings is 1. The second kappa shape index (κ2) is 11.5. The van der Waals surface area contributed by atoms with E-state index in [0.717, 1.165) is 12.8 Å². The van der Waals surface area contributed by atoms with E-state index >= 15 is 0 Å². The zero-order valence-electron chi connectivity index (χ0n) is 13.8. The van der Waals surface area contributed by atoms with E-state index in [9.17, 15) is 14.9 Å². The Labute approximate surface area is 137 Å². The number of non-ortho nitro benzene ring substituents is 1. The van der Waals surface area contributed by atoms with Crippen molar-refractivity contribution in [2.24, 2.45) is 0 Å².